The molecule has 1 fully saturated rings. The van der Waals surface area contributed by atoms with Gasteiger partial charge >= 0.3 is 5.97 Å². The molecule has 27 heavy (non-hydrogen) atoms. The second-order valence-electron chi connectivity index (χ2n) is 6.92. The minimum absolute atomic E-state index is 0.105. The molecule has 148 valence electrons. The quantitative estimate of drug-likeness (QED) is 0.742. The fraction of sp³-hybridized carbons (Fsp3) is 0.524. The molecule has 0 heterocycles. The number of nitrogens with one attached hydrogen (secondary N) is 1. The van der Waals surface area contributed by atoms with Gasteiger partial charge in [-0.25, -0.2) is 0 Å². The van der Waals surface area contributed by atoms with Gasteiger partial charge in [0, 0.05) is 12.1 Å². The van der Waals surface area contributed by atoms with E-state index in [0.29, 0.717) is 24.3 Å². The maximum absolute atomic E-state index is 12.3. The van der Waals surface area contributed by atoms with Gasteiger partial charge in [-0.2, -0.15) is 0 Å². The fourth-order valence-electron chi connectivity index (χ4n) is 3.45. The Morgan fingerprint density at radius 1 is 1.07 bits per heavy atom. The van der Waals surface area contributed by atoms with Crippen LogP contribution >= 0.6 is 0 Å². The van der Waals surface area contributed by atoms with E-state index in [1.54, 1.807) is 32.4 Å². The molecule has 0 aromatic heterocycles. The molecule has 0 saturated heterocycles. The average molecular weight is 375 g/mol. The summed E-state index contributed by atoms with van der Waals surface area (Å²) >= 11 is 0. The third kappa shape index (κ3) is 6.62. The summed E-state index contributed by atoms with van der Waals surface area (Å²) in [6.07, 6.45) is 9.27. The third-order valence-electron chi connectivity index (χ3n) is 4.95. The van der Waals surface area contributed by atoms with Crippen LogP contribution in [0.1, 0.15) is 50.5 Å². The van der Waals surface area contributed by atoms with Gasteiger partial charge in [-0.15, -0.1) is 0 Å². The molecule has 1 amide bonds. The van der Waals surface area contributed by atoms with Crippen molar-refractivity contribution in [1.29, 1.82) is 0 Å². The number of carbonyl (C=O) groups excluding carboxylic acids is 1. The molecule has 0 bridgehead atoms. The van der Waals surface area contributed by atoms with Crippen molar-refractivity contribution in [2.75, 3.05) is 14.2 Å². The highest BCUT2D eigenvalue weighted by Crippen LogP contribution is 2.28. The Kier molecular flexibility index (Phi) is 8.17. The van der Waals surface area contributed by atoms with Crippen LogP contribution < -0.4 is 14.8 Å². The zero-order valence-electron chi connectivity index (χ0n) is 16.1. The number of amides is 1. The number of carboxylic acid groups (broad SMARTS) is 1. The SMILES string of the molecule is COc1ccc(/C=C/C(=O)NC2CCCCCCC(C(=O)O)C2)cc1OC. The minimum Gasteiger partial charge on any atom is -0.493 e. The summed E-state index contributed by atoms with van der Waals surface area (Å²) in [6, 6.07) is 5.31. The van der Waals surface area contributed by atoms with E-state index in [4.69, 9.17) is 9.47 Å². The molecule has 0 spiro atoms. The Balaban J connectivity index is 1.99. The van der Waals surface area contributed by atoms with E-state index in [2.05, 4.69) is 5.32 Å². The van der Waals surface area contributed by atoms with E-state index in [1.165, 1.54) is 6.08 Å². The minimum atomic E-state index is -0.767. The number of carbonyl (C=O) groups is 2. The molecule has 0 aliphatic heterocycles. The van der Waals surface area contributed by atoms with E-state index in [1.807, 2.05) is 6.07 Å². The van der Waals surface area contributed by atoms with Gasteiger partial charge < -0.3 is 19.9 Å². The summed E-state index contributed by atoms with van der Waals surface area (Å²) < 4.78 is 10.5. The second-order valence-corrected chi connectivity index (χ2v) is 6.92. The Hall–Kier alpha value is -2.50. The fourth-order valence-corrected chi connectivity index (χ4v) is 3.45. The van der Waals surface area contributed by atoms with Gasteiger partial charge in [0.2, 0.25) is 5.91 Å². The summed E-state index contributed by atoms with van der Waals surface area (Å²) in [5, 5.41) is 12.4. The summed E-state index contributed by atoms with van der Waals surface area (Å²) in [6.45, 7) is 0. The first-order valence-electron chi connectivity index (χ1n) is 9.47. The molecule has 1 aliphatic carbocycles. The number of hydrogen-bond donors (Lipinski definition) is 2. The molecule has 1 aromatic rings. The smallest absolute Gasteiger partial charge is 0.306 e. The molecule has 1 saturated carbocycles. The van der Waals surface area contributed by atoms with Gasteiger partial charge in [-0.1, -0.05) is 31.7 Å². The zero-order chi connectivity index (χ0) is 19.6. The number of methoxy groups -OCH3 is 2. The highest BCUT2D eigenvalue weighted by molar-refractivity contribution is 5.92. The van der Waals surface area contributed by atoms with Crippen molar-refractivity contribution in [3.63, 3.8) is 0 Å². The molecule has 2 unspecified atom stereocenters. The largest absolute Gasteiger partial charge is 0.493 e. The standard InChI is InChI=1S/C21H29NO5/c1-26-18-11-9-15(13-19(18)27-2)10-12-20(23)22-17-8-6-4-3-5-7-16(14-17)21(24)25/h9-13,16-17H,3-8,14H2,1-2H3,(H,22,23)(H,24,25)/b12-10+. The summed E-state index contributed by atoms with van der Waals surface area (Å²) in [7, 11) is 3.14. The van der Waals surface area contributed by atoms with Crippen molar-refractivity contribution in [3.05, 3.63) is 29.8 Å². The lowest BCUT2D eigenvalue weighted by Crippen LogP contribution is -2.36. The lowest BCUT2D eigenvalue weighted by atomic mass is 9.94. The molecule has 2 atom stereocenters. The molecular formula is C21H29NO5. The van der Waals surface area contributed by atoms with Gasteiger partial charge in [-0.3, -0.25) is 9.59 Å². The molecule has 1 aliphatic rings. The van der Waals surface area contributed by atoms with Gasteiger partial charge in [0.05, 0.1) is 20.1 Å². The number of carboxylic acids is 1. The van der Waals surface area contributed by atoms with Crippen LogP contribution in [0.5, 0.6) is 11.5 Å². The average Bonchev–Trinajstić information content (AvgIpc) is 2.78. The van der Waals surface area contributed by atoms with Crippen molar-refractivity contribution in [2.45, 2.75) is 51.0 Å². The third-order valence-corrected chi connectivity index (χ3v) is 4.95. The maximum Gasteiger partial charge on any atom is 0.306 e. The number of ether oxygens (including phenoxy) is 2. The Bertz CT molecular complexity index is 671. The number of aliphatic carboxylic acids is 1. The Morgan fingerprint density at radius 3 is 2.44 bits per heavy atom. The van der Waals surface area contributed by atoms with Crippen LogP contribution in [0.15, 0.2) is 24.3 Å². The first-order valence-corrected chi connectivity index (χ1v) is 9.47. The van der Waals surface area contributed by atoms with Crippen molar-refractivity contribution < 1.29 is 24.2 Å². The van der Waals surface area contributed by atoms with E-state index >= 15 is 0 Å². The summed E-state index contributed by atoms with van der Waals surface area (Å²) in [5.41, 5.74) is 0.820. The predicted molar refractivity (Wildman–Crippen MR) is 104 cm³/mol. The molecular weight excluding hydrogens is 346 g/mol. The number of rotatable bonds is 6. The molecule has 6 heteroatoms. The first-order chi connectivity index (χ1) is 13.0. The van der Waals surface area contributed by atoms with Crippen molar-refractivity contribution >= 4 is 18.0 Å². The number of benzene rings is 1. The molecule has 2 rings (SSSR count). The van der Waals surface area contributed by atoms with Crippen LogP contribution in [0.4, 0.5) is 0 Å². The lowest BCUT2D eigenvalue weighted by molar-refractivity contribution is -0.142. The summed E-state index contributed by atoms with van der Waals surface area (Å²) in [5.74, 6) is -0.136. The van der Waals surface area contributed by atoms with Crippen molar-refractivity contribution in [3.8, 4) is 11.5 Å². The summed E-state index contributed by atoms with van der Waals surface area (Å²) in [4.78, 5) is 23.8. The van der Waals surface area contributed by atoms with Gasteiger partial charge in [0.1, 0.15) is 0 Å². The zero-order valence-corrected chi connectivity index (χ0v) is 16.1. The van der Waals surface area contributed by atoms with Gasteiger partial charge in [0.25, 0.3) is 0 Å². The van der Waals surface area contributed by atoms with Crippen LogP contribution in [0, 0.1) is 5.92 Å². The van der Waals surface area contributed by atoms with E-state index in [9.17, 15) is 14.7 Å². The maximum atomic E-state index is 12.3. The van der Waals surface area contributed by atoms with Crippen LogP contribution in [0.2, 0.25) is 0 Å². The van der Waals surface area contributed by atoms with Crippen LogP contribution in [-0.2, 0) is 9.59 Å². The molecule has 1 aromatic carbocycles. The topological polar surface area (TPSA) is 84.9 Å². The Morgan fingerprint density at radius 2 is 1.78 bits per heavy atom. The lowest BCUT2D eigenvalue weighted by Gasteiger charge is -2.20. The highest BCUT2D eigenvalue weighted by Gasteiger charge is 2.24. The monoisotopic (exact) mass is 375 g/mol. The van der Waals surface area contributed by atoms with E-state index in [-0.39, 0.29) is 17.9 Å². The molecule has 6 nitrogen and oxygen atoms in total. The second kappa shape index (κ2) is 10.6. The molecule has 0 radical (unpaired) electrons. The highest BCUT2D eigenvalue weighted by atomic mass is 16.5. The van der Waals surface area contributed by atoms with E-state index in [0.717, 1.165) is 37.7 Å². The van der Waals surface area contributed by atoms with Gasteiger partial charge in [0.15, 0.2) is 11.5 Å². The van der Waals surface area contributed by atoms with Crippen LogP contribution in [-0.4, -0.2) is 37.2 Å². The molecule has 2 N–H and O–H groups in total. The van der Waals surface area contributed by atoms with Crippen LogP contribution in [0.3, 0.4) is 0 Å². The van der Waals surface area contributed by atoms with Crippen molar-refractivity contribution in [2.24, 2.45) is 5.92 Å². The normalized spacial score (nSPS) is 21.0. The number of hydrogen-bond acceptors (Lipinski definition) is 4. The van der Waals surface area contributed by atoms with E-state index < -0.39 is 5.97 Å². The van der Waals surface area contributed by atoms with Gasteiger partial charge in [-0.05, 0) is 43.0 Å². The first kappa shape index (κ1) is 20.8. The Labute approximate surface area is 160 Å². The predicted octanol–water partition coefficient (Wildman–Crippen LogP) is 3.65. The van der Waals surface area contributed by atoms with Crippen LogP contribution in [0.25, 0.3) is 6.08 Å². The van der Waals surface area contributed by atoms with Crippen molar-refractivity contribution in [1.82, 2.24) is 5.32 Å².